The first-order chi connectivity index (χ1) is 10.4. The third-order valence-corrected chi connectivity index (χ3v) is 3.87. The van der Waals surface area contributed by atoms with Crippen molar-refractivity contribution >= 4 is 0 Å². The molecule has 108 valence electrons. The fraction of sp³-hybridized carbons (Fsp3) is 0.333. The molecule has 0 aliphatic carbocycles. The van der Waals surface area contributed by atoms with Gasteiger partial charge in [-0.25, -0.2) is 0 Å². The van der Waals surface area contributed by atoms with Crippen LogP contribution in [0.3, 0.4) is 0 Å². The zero-order valence-corrected chi connectivity index (χ0v) is 11.8. The maximum absolute atomic E-state index is 6.19. The molecule has 2 saturated heterocycles. The van der Waals surface area contributed by atoms with E-state index >= 15 is 0 Å². The second kappa shape index (κ2) is 5.51. The lowest BCUT2D eigenvalue weighted by atomic mass is 10.1. The molecule has 21 heavy (non-hydrogen) atoms. The Bertz CT molecular complexity index is 574. The fourth-order valence-corrected chi connectivity index (χ4v) is 2.52. The van der Waals surface area contributed by atoms with Gasteiger partial charge in [0, 0.05) is 12.8 Å². The first-order valence-corrected chi connectivity index (χ1v) is 7.45. The van der Waals surface area contributed by atoms with E-state index in [0.29, 0.717) is 12.2 Å². The Morgan fingerprint density at radius 1 is 0.762 bits per heavy atom. The average Bonchev–Trinajstić information content (AvgIpc) is 3.39. The molecule has 2 aliphatic rings. The minimum Gasteiger partial charge on any atom is -0.457 e. The molecule has 0 radical (unpaired) electrons. The molecule has 2 heterocycles. The predicted molar refractivity (Wildman–Crippen MR) is 79.8 cm³/mol. The van der Waals surface area contributed by atoms with Crippen LogP contribution in [-0.4, -0.2) is 25.4 Å². The van der Waals surface area contributed by atoms with Crippen LogP contribution in [0.5, 0.6) is 11.5 Å². The Kier molecular flexibility index (Phi) is 3.37. The van der Waals surface area contributed by atoms with E-state index in [9.17, 15) is 0 Å². The van der Waals surface area contributed by atoms with Gasteiger partial charge in [-0.15, -0.1) is 0 Å². The lowest BCUT2D eigenvalue weighted by Gasteiger charge is -2.13. The Morgan fingerprint density at radius 2 is 1.19 bits per heavy atom. The van der Waals surface area contributed by atoms with E-state index in [-0.39, 0.29) is 0 Å². The molecule has 2 fully saturated rings. The first-order valence-electron chi connectivity index (χ1n) is 7.45. The van der Waals surface area contributed by atoms with Crippen LogP contribution < -0.4 is 4.74 Å². The third kappa shape index (κ3) is 3.26. The summed E-state index contributed by atoms with van der Waals surface area (Å²) < 4.78 is 16.8. The lowest BCUT2D eigenvalue weighted by molar-refractivity contribution is 0.398. The normalized spacial score (nSPS) is 22.9. The second-order valence-corrected chi connectivity index (χ2v) is 5.64. The summed E-state index contributed by atoms with van der Waals surface area (Å²) in [5, 5.41) is 0. The SMILES string of the molecule is c1ccc(Oc2ccccc2C[C@@H]2CO2)c(C[C@@H]2CO2)c1. The Hall–Kier alpha value is -1.84. The lowest BCUT2D eigenvalue weighted by Crippen LogP contribution is -2.00. The summed E-state index contributed by atoms with van der Waals surface area (Å²) in [7, 11) is 0. The van der Waals surface area contributed by atoms with Gasteiger partial charge in [0.15, 0.2) is 0 Å². The van der Waals surface area contributed by atoms with Gasteiger partial charge in [0.25, 0.3) is 0 Å². The highest BCUT2D eigenvalue weighted by molar-refractivity contribution is 5.42. The van der Waals surface area contributed by atoms with Gasteiger partial charge in [-0.2, -0.15) is 0 Å². The van der Waals surface area contributed by atoms with Gasteiger partial charge >= 0.3 is 0 Å². The summed E-state index contributed by atoms with van der Waals surface area (Å²) in [4.78, 5) is 0. The Balaban J connectivity index is 1.57. The quantitative estimate of drug-likeness (QED) is 0.762. The van der Waals surface area contributed by atoms with Crippen molar-refractivity contribution in [3.8, 4) is 11.5 Å². The minimum absolute atomic E-state index is 0.366. The average molecular weight is 282 g/mol. The molecule has 2 aromatic rings. The van der Waals surface area contributed by atoms with E-state index in [1.165, 1.54) is 11.1 Å². The number of epoxide rings is 2. The highest BCUT2D eigenvalue weighted by atomic mass is 16.6. The zero-order chi connectivity index (χ0) is 14.1. The third-order valence-electron chi connectivity index (χ3n) is 3.87. The Labute approximate surface area is 124 Å². The monoisotopic (exact) mass is 282 g/mol. The summed E-state index contributed by atoms with van der Waals surface area (Å²) >= 11 is 0. The summed E-state index contributed by atoms with van der Waals surface area (Å²) in [5.74, 6) is 1.86. The van der Waals surface area contributed by atoms with Crippen molar-refractivity contribution in [3.63, 3.8) is 0 Å². The maximum Gasteiger partial charge on any atom is 0.130 e. The molecule has 2 aromatic carbocycles. The zero-order valence-electron chi connectivity index (χ0n) is 11.8. The molecule has 3 nitrogen and oxygen atoms in total. The number of hydrogen-bond donors (Lipinski definition) is 0. The van der Waals surface area contributed by atoms with Gasteiger partial charge in [0.2, 0.25) is 0 Å². The first kappa shape index (κ1) is 12.9. The van der Waals surface area contributed by atoms with Crippen LogP contribution in [0, 0.1) is 0 Å². The summed E-state index contributed by atoms with van der Waals surface area (Å²) in [6.45, 7) is 1.73. The van der Waals surface area contributed by atoms with Crippen molar-refractivity contribution in [2.75, 3.05) is 13.2 Å². The van der Waals surface area contributed by atoms with Crippen molar-refractivity contribution in [1.82, 2.24) is 0 Å². The smallest absolute Gasteiger partial charge is 0.130 e. The molecule has 0 spiro atoms. The van der Waals surface area contributed by atoms with E-state index in [4.69, 9.17) is 14.2 Å². The molecular weight excluding hydrogens is 264 g/mol. The fourth-order valence-electron chi connectivity index (χ4n) is 2.52. The molecule has 2 atom stereocenters. The number of benzene rings is 2. The van der Waals surface area contributed by atoms with Crippen molar-refractivity contribution in [3.05, 3.63) is 59.7 Å². The van der Waals surface area contributed by atoms with Gasteiger partial charge in [-0.3, -0.25) is 0 Å². The highest BCUT2D eigenvalue weighted by Crippen LogP contribution is 2.32. The number of ether oxygens (including phenoxy) is 3. The molecule has 2 aliphatic heterocycles. The van der Waals surface area contributed by atoms with Crippen molar-refractivity contribution < 1.29 is 14.2 Å². The van der Waals surface area contributed by atoms with Crippen LogP contribution in [0.25, 0.3) is 0 Å². The van der Waals surface area contributed by atoms with Crippen LogP contribution >= 0.6 is 0 Å². The second-order valence-electron chi connectivity index (χ2n) is 5.64. The molecule has 4 rings (SSSR count). The van der Waals surface area contributed by atoms with Crippen molar-refractivity contribution in [1.29, 1.82) is 0 Å². The standard InChI is InChI=1S/C18H18O3/c1-3-7-17(13(5-1)9-15-11-19-15)21-18-8-4-2-6-14(18)10-16-12-20-16/h1-8,15-16H,9-12H2/t15-,16-/m1/s1. The molecule has 0 N–H and O–H groups in total. The molecular formula is C18H18O3. The van der Waals surface area contributed by atoms with Gasteiger partial charge in [0.1, 0.15) is 11.5 Å². The number of hydrogen-bond acceptors (Lipinski definition) is 3. The topological polar surface area (TPSA) is 34.3 Å². The number of para-hydroxylation sites is 2. The summed E-state index contributed by atoms with van der Waals surface area (Å²) in [6, 6.07) is 16.4. The van der Waals surface area contributed by atoms with Crippen LogP contribution in [0.1, 0.15) is 11.1 Å². The van der Waals surface area contributed by atoms with E-state index in [0.717, 1.165) is 37.6 Å². The van der Waals surface area contributed by atoms with Crippen LogP contribution in [-0.2, 0) is 22.3 Å². The van der Waals surface area contributed by atoms with Crippen molar-refractivity contribution in [2.24, 2.45) is 0 Å². The molecule has 0 saturated carbocycles. The van der Waals surface area contributed by atoms with Crippen molar-refractivity contribution in [2.45, 2.75) is 25.0 Å². The summed E-state index contributed by atoms with van der Waals surface area (Å²) in [6.07, 6.45) is 2.57. The van der Waals surface area contributed by atoms with Gasteiger partial charge in [-0.05, 0) is 23.3 Å². The van der Waals surface area contributed by atoms with Crippen LogP contribution in [0.2, 0.25) is 0 Å². The van der Waals surface area contributed by atoms with E-state index in [1.807, 2.05) is 24.3 Å². The van der Waals surface area contributed by atoms with E-state index in [1.54, 1.807) is 0 Å². The largest absolute Gasteiger partial charge is 0.457 e. The number of rotatable bonds is 6. The summed E-state index contributed by atoms with van der Waals surface area (Å²) in [5.41, 5.74) is 2.41. The molecule has 0 bridgehead atoms. The van der Waals surface area contributed by atoms with E-state index < -0.39 is 0 Å². The minimum atomic E-state index is 0.366. The Morgan fingerprint density at radius 3 is 1.62 bits per heavy atom. The highest BCUT2D eigenvalue weighted by Gasteiger charge is 2.25. The van der Waals surface area contributed by atoms with Crippen LogP contribution in [0.15, 0.2) is 48.5 Å². The van der Waals surface area contributed by atoms with Gasteiger partial charge < -0.3 is 14.2 Å². The molecule has 0 unspecified atom stereocenters. The predicted octanol–water partition coefficient (Wildman–Crippen LogP) is 3.36. The molecule has 0 aromatic heterocycles. The maximum atomic E-state index is 6.19. The van der Waals surface area contributed by atoms with Gasteiger partial charge in [0.05, 0.1) is 25.4 Å². The molecule has 3 heteroatoms. The van der Waals surface area contributed by atoms with Gasteiger partial charge in [-0.1, -0.05) is 36.4 Å². The molecule has 0 amide bonds. The van der Waals surface area contributed by atoms with E-state index in [2.05, 4.69) is 24.3 Å². The van der Waals surface area contributed by atoms with Crippen LogP contribution in [0.4, 0.5) is 0 Å².